The van der Waals surface area contributed by atoms with Gasteiger partial charge in [-0.05, 0) is 48.9 Å². The van der Waals surface area contributed by atoms with Gasteiger partial charge in [0.05, 0.1) is 5.69 Å². The van der Waals surface area contributed by atoms with Crippen molar-refractivity contribution >= 4 is 0 Å². The molecule has 0 radical (unpaired) electrons. The normalized spacial score (nSPS) is 10.3. The zero-order valence-electron chi connectivity index (χ0n) is 8.17. The molecular weight excluding hydrogens is 196 g/mol. The van der Waals surface area contributed by atoms with Crippen molar-refractivity contribution < 1.29 is 8.78 Å². The third-order valence-corrected chi connectivity index (χ3v) is 2.08. The van der Waals surface area contributed by atoms with Crippen LogP contribution in [0.5, 0.6) is 0 Å². The van der Waals surface area contributed by atoms with Crippen LogP contribution in [0.25, 0.3) is 11.3 Å². The lowest BCUT2D eigenvalue weighted by molar-refractivity contribution is 0.584. The maximum absolute atomic E-state index is 13.0. The molecule has 0 saturated heterocycles. The number of benzene rings is 1. The minimum absolute atomic E-state index is 0.313. The lowest BCUT2D eigenvalue weighted by Crippen LogP contribution is -1.89. The van der Waals surface area contributed by atoms with E-state index in [1.165, 1.54) is 18.2 Å². The van der Waals surface area contributed by atoms with Gasteiger partial charge in [0.15, 0.2) is 0 Å². The second-order valence-electron chi connectivity index (χ2n) is 3.36. The number of hydrogen-bond donors (Lipinski definition) is 0. The van der Waals surface area contributed by atoms with Gasteiger partial charge in [-0.15, -0.1) is 0 Å². The molecule has 0 aliphatic carbocycles. The van der Waals surface area contributed by atoms with E-state index in [-0.39, 0.29) is 5.82 Å². The molecule has 1 heterocycles. The first-order valence-electron chi connectivity index (χ1n) is 4.55. The van der Waals surface area contributed by atoms with E-state index in [4.69, 9.17) is 0 Å². The smallest absolute Gasteiger partial charge is 0.213 e. The Balaban J connectivity index is 2.49. The maximum atomic E-state index is 13.0. The van der Waals surface area contributed by atoms with E-state index in [1.54, 1.807) is 25.1 Å². The van der Waals surface area contributed by atoms with Crippen molar-refractivity contribution in [2.75, 3.05) is 0 Å². The van der Waals surface area contributed by atoms with Crippen LogP contribution in [-0.4, -0.2) is 4.98 Å². The van der Waals surface area contributed by atoms with E-state index in [0.29, 0.717) is 11.3 Å². The highest BCUT2D eigenvalue weighted by molar-refractivity contribution is 5.59. The summed E-state index contributed by atoms with van der Waals surface area (Å²) in [6.07, 6.45) is 0. The molecule has 0 atom stereocenters. The lowest BCUT2D eigenvalue weighted by Gasteiger charge is -2.02. The number of hydrogen-bond acceptors (Lipinski definition) is 1. The third-order valence-electron chi connectivity index (χ3n) is 2.08. The van der Waals surface area contributed by atoms with E-state index in [1.807, 2.05) is 0 Å². The van der Waals surface area contributed by atoms with Gasteiger partial charge in [0, 0.05) is 5.56 Å². The summed E-state index contributed by atoms with van der Waals surface area (Å²) in [5.74, 6) is -0.832. The molecule has 0 spiro atoms. The molecule has 76 valence electrons. The highest BCUT2D eigenvalue weighted by atomic mass is 19.1. The number of rotatable bonds is 1. The Labute approximate surface area is 86.4 Å². The van der Waals surface area contributed by atoms with Gasteiger partial charge < -0.3 is 0 Å². The van der Waals surface area contributed by atoms with Gasteiger partial charge in [0.1, 0.15) is 5.82 Å². The summed E-state index contributed by atoms with van der Waals surface area (Å²) in [6, 6.07) is 8.94. The average molecular weight is 205 g/mol. The number of nitrogens with zero attached hydrogens (tertiary/aromatic N) is 1. The van der Waals surface area contributed by atoms with Gasteiger partial charge in [0.25, 0.3) is 0 Å². The van der Waals surface area contributed by atoms with E-state index in [9.17, 15) is 8.78 Å². The molecule has 15 heavy (non-hydrogen) atoms. The molecule has 0 unspecified atom stereocenters. The van der Waals surface area contributed by atoms with Gasteiger partial charge in [-0.25, -0.2) is 9.37 Å². The summed E-state index contributed by atoms with van der Waals surface area (Å²) in [5.41, 5.74) is 2.02. The number of aryl methyl sites for hydroxylation is 1. The fourth-order valence-electron chi connectivity index (χ4n) is 1.39. The van der Waals surface area contributed by atoms with Crippen LogP contribution in [0.15, 0.2) is 36.4 Å². The van der Waals surface area contributed by atoms with Crippen LogP contribution in [0.4, 0.5) is 8.78 Å². The zero-order valence-corrected chi connectivity index (χ0v) is 8.17. The molecular formula is C12H9F2N. The summed E-state index contributed by atoms with van der Waals surface area (Å²) < 4.78 is 25.7. The predicted octanol–water partition coefficient (Wildman–Crippen LogP) is 3.34. The molecule has 0 saturated carbocycles. The van der Waals surface area contributed by atoms with Gasteiger partial charge in [-0.3, -0.25) is 0 Å². The Hall–Kier alpha value is -1.77. The molecule has 3 heteroatoms. The predicted molar refractivity (Wildman–Crippen MR) is 54.3 cm³/mol. The number of aromatic nitrogens is 1. The molecule has 2 aromatic rings. The van der Waals surface area contributed by atoms with Crippen LogP contribution in [-0.2, 0) is 0 Å². The van der Waals surface area contributed by atoms with Crippen molar-refractivity contribution in [1.82, 2.24) is 4.98 Å². The first-order valence-corrected chi connectivity index (χ1v) is 4.55. The molecule has 0 fully saturated rings. The lowest BCUT2D eigenvalue weighted by atomic mass is 10.1. The van der Waals surface area contributed by atoms with Crippen LogP contribution in [0.2, 0.25) is 0 Å². The molecule has 0 amide bonds. The van der Waals surface area contributed by atoms with Crippen LogP contribution in [0, 0.1) is 18.7 Å². The van der Waals surface area contributed by atoms with Gasteiger partial charge >= 0.3 is 0 Å². The van der Waals surface area contributed by atoms with Crippen molar-refractivity contribution in [2.24, 2.45) is 0 Å². The third kappa shape index (κ3) is 2.18. The van der Waals surface area contributed by atoms with Crippen molar-refractivity contribution in [3.05, 3.63) is 53.7 Å². The summed E-state index contributed by atoms with van der Waals surface area (Å²) in [5, 5.41) is 0. The summed E-state index contributed by atoms with van der Waals surface area (Å²) in [4.78, 5) is 3.74. The van der Waals surface area contributed by atoms with Gasteiger partial charge in [-0.2, -0.15) is 4.39 Å². The summed E-state index contributed by atoms with van der Waals surface area (Å²) in [7, 11) is 0. The molecule has 1 aromatic heterocycles. The molecule has 0 aliphatic heterocycles. The molecule has 1 nitrogen and oxygen atoms in total. The molecule has 0 aliphatic rings. The summed E-state index contributed by atoms with van der Waals surface area (Å²) in [6.45, 7) is 1.79. The standard InChI is InChI=1S/C12H9F2N/c1-8-6-11(15-12(14)7-8)9-2-4-10(13)5-3-9/h2-7H,1H3. The second-order valence-corrected chi connectivity index (χ2v) is 3.36. The quantitative estimate of drug-likeness (QED) is 0.650. The Morgan fingerprint density at radius 1 is 1.00 bits per heavy atom. The van der Waals surface area contributed by atoms with Crippen LogP contribution >= 0.6 is 0 Å². The molecule has 2 rings (SSSR count). The van der Waals surface area contributed by atoms with E-state index >= 15 is 0 Å². The monoisotopic (exact) mass is 205 g/mol. The van der Waals surface area contributed by atoms with Crippen molar-refractivity contribution in [3.8, 4) is 11.3 Å². The van der Waals surface area contributed by atoms with Crippen molar-refractivity contribution in [2.45, 2.75) is 6.92 Å². The number of pyridine rings is 1. The fraction of sp³-hybridized carbons (Fsp3) is 0.0833. The Kier molecular flexibility index (Phi) is 2.46. The van der Waals surface area contributed by atoms with Crippen LogP contribution < -0.4 is 0 Å². The Morgan fingerprint density at radius 3 is 2.27 bits per heavy atom. The largest absolute Gasteiger partial charge is 0.220 e. The first-order chi connectivity index (χ1) is 7.15. The average Bonchev–Trinajstić information content (AvgIpc) is 2.17. The van der Waals surface area contributed by atoms with Crippen molar-refractivity contribution in [1.29, 1.82) is 0 Å². The zero-order chi connectivity index (χ0) is 10.8. The second kappa shape index (κ2) is 3.77. The van der Waals surface area contributed by atoms with Crippen LogP contribution in [0.3, 0.4) is 0 Å². The van der Waals surface area contributed by atoms with Gasteiger partial charge in [0.2, 0.25) is 5.95 Å². The minimum atomic E-state index is -0.519. The summed E-state index contributed by atoms with van der Waals surface area (Å²) >= 11 is 0. The van der Waals surface area contributed by atoms with Crippen LogP contribution in [0.1, 0.15) is 5.56 Å². The SMILES string of the molecule is Cc1cc(F)nc(-c2ccc(F)cc2)c1. The van der Waals surface area contributed by atoms with Crippen molar-refractivity contribution in [3.63, 3.8) is 0 Å². The fourth-order valence-corrected chi connectivity index (χ4v) is 1.39. The Bertz CT molecular complexity index is 457. The van der Waals surface area contributed by atoms with E-state index in [2.05, 4.69) is 4.98 Å². The van der Waals surface area contributed by atoms with E-state index in [0.717, 1.165) is 5.56 Å². The number of halogens is 2. The minimum Gasteiger partial charge on any atom is -0.220 e. The maximum Gasteiger partial charge on any atom is 0.213 e. The molecule has 1 aromatic carbocycles. The first kappa shape index (κ1) is 9.77. The highest BCUT2D eigenvalue weighted by Gasteiger charge is 2.02. The van der Waals surface area contributed by atoms with E-state index < -0.39 is 5.95 Å². The highest BCUT2D eigenvalue weighted by Crippen LogP contribution is 2.18. The molecule has 0 N–H and O–H groups in total. The topological polar surface area (TPSA) is 12.9 Å². The Morgan fingerprint density at radius 2 is 1.67 bits per heavy atom. The van der Waals surface area contributed by atoms with Gasteiger partial charge in [-0.1, -0.05) is 0 Å². The molecule has 0 bridgehead atoms.